The van der Waals surface area contributed by atoms with Gasteiger partial charge in [-0.05, 0) is 22.0 Å². The van der Waals surface area contributed by atoms with Crippen molar-refractivity contribution >= 4 is 38.4 Å². The van der Waals surface area contributed by atoms with Gasteiger partial charge in [-0.1, -0.05) is 11.6 Å². The molecular formula is C10H3BrClF4N. The normalized spacial score (nSPS) is 11.5. The zero-order chi connectivity index (χ0) is 12.7. The fourth-order valence-electron chi connectivity index (χ4n) is 1.39. The lowest BCUT2D eigenvalue weighted by Gasteiger charge is -2.07. The second-order valence-corrected chi connectivity index (χ2v) is 4.41. The van der Waals surface area contributed by atoms with Crippen LogP contribution >= 0.6 is 27.5 Å². The van der Waals surface area contributed by atoms with Crippen molar-refractivity contribution in [3.63, 3.8) is 0 Å². The molecule has 1 nitrogen and oxygen atoms in total. The molecule has 0 radical (unpaired) electrons. The van der Waals surface area contributed by atoms with E-state index in [1.54, 1.807) is 0 Å². The first-order valence-electron chi connectivity index (χ1n) is 4.33. The van der Waals surface area contributed by atoms with Crippen LogP contribution < -0.4 is 0 Å². The number of pyridine rings is 1. The van der Waals surface area contributed by atoms with Crippen molar-refractivity contribution < 1.29 is 17.6 Å². The lowest BCUT2D eigenvalue weighted by atomic mass is 10.2. The molecule has 0 saturated carbocycles. The fourth-order valence-corrected chi connectivity index (χ4v) is 2.31. The third-order valence-corrected chi connectivity index (χ3v) is 3.20. The Morgan fingerprint density at radius 3 is 2.41 bits per heavy atom. The summed E-state index contributed by atoms with van der Waals surface area (Å²) in [5.41, 5.74) is -1.04. The summed E-state index contributed by atoms with van der Waals surface area (Å²) in [5.74, 6) is -1.91. The van der Waals surface area contributed by atoms with Gasteiger partial charge < -0.3 is 0 Å². The number of hydrogen-bond donors (Lipinski definition) is 0. The number of fused-ring (bicyclic) bond motifs is 1. The number of nitrogens with zero attached hydrogens (tertiary/aromatic N) is 1. The first-order valence-corrected chi connectivity index (χ1v) is 5.50. The SMILES string of the molecule is Fc1cc(F)c2nc(C(F)F)cc(Cl)c2c1Br. The molecule has 0 amide bonds. The van der Waals surface area contributed by atoms with E-state index in [0.29, 0.717) is 6.07 Å². The highest BCUT2D eigenvalue weighted by Gasteiger charge is 2.18. The summed E-state index contributed by atoms with van der Waals surface area (Å²) in [6.07, 6.45) is -2.87. The number of hydrogen-bond acceptors (Lipinski definition) is 1. The average Bonchev–Trinajstić information content (AvgIpc) is 2.25. The molecule has 1 aromatic carbocycles. The predicted octanol–water partition coefficient (Wildman–Crippen LogP) is 4.87. The summed E-state index contributed by atoms with van der Waals surface area (Å²) in [5, 5.41) is -0.246. The monoisotopic (exact) mass is 327 g/mol. The number of halogens is 6. The molecule has 0 bridgehead atoms. The van der Waals surface area contributed by atoms with E-state index >= 15 is 0 Å². The zero-order valence-electron chi connectivity index (χ0n) is 7.95. The smallest absolute Gasteiger partial charge is 0.244 e. The molecule has 0 spiro atoms. The summed E-state index contributed by atoms with van der Waals surface area (Å²) in [6, 6.07) is 1.45. The Bertz CT molecular complexity index is 603. The molecule has 0 unspecified atom stereocenters. The number of aromatic nitrogens is 1. The third-order valence-electron chi connectivity index (χ3n) is 2.12. The molecule has 0 atom stereocenters. The number of alkyl halides is 2. The van der Waals surface area contributed by atoms with E-state index in [2.05, 4.69) is 20.9 Å². The summed E-state index contributed by atoms with van der Waals surface area (Å²) in [4.78, 5) is 3.43. The van der Waals surface area contributed by atoms with Crippen molar-refractivity contribution in [2.45, 2.75) is 6.43 Å². The molecule has 0 aliphatic heterocycles. The van der Waals surface area contributed by atoms with Gasteiger partial charge in [-0.25, -0.2) is 22.5 Å². The first-order chi connectivity index (χ1) is 7.91. The van der Waals surface area contributed by atoms with Crippen LogP contribution in [0.5, 0.6) is 0 Å². The van der Waals surface area contributed by atoms with E-state index in [1.165, 1.54) is 0 Å². The Morgan fingerprint density at radius 1 is 1.18 bits per heavy atom. The van der Waals surface area contributed by atoms with Crippen molar-refractivity contribution in [3.8, 4) is 0 Å². The van der Waals surface area contributed by atoms with Crippen LogP contribution in [0.1, 0.15) is 12.1 Å². The Labute approximate surface area is 107 Å². The fraction of sp³-hybridized carbons (Fsp3) is 0.100. The van der Waals surface area contributed by atoms with Gasteiger partial charge in [-0.3, -0.25) is 0 Å². The van der Waals surface area contributed by atoms with E-state index in [4.69, 9.17) is 11.6 Å². The molecule has 7 heteroatoms. The first kappa shape index (κ1) is 12.6. The predicted molar refractivity (Wildman–Crippen MR) is 59.3 cm³/mol. The quantitative estimate of drug-likeness (QED) is 0.538. The summed E-state index contributed by atoms with van der Waals surface area (Å²) >= 11 is 8.59. The van der Waals surface area contributed by atoms with Gasteiger partial charge >= 0.3 is 0 Å². The van der Waals surface area contributed by atoms with Gasteiger partial charge in [0.05, 0.1) is 9.50 Å². The molecule has 1 aromatic heterocycles. The number of rotatable bonds is 1. The Balaban J connectivity index is 2.90. The van der Waals surface area contributed by atoms with Gasteiger partial charge in [0.15, 0.2) is 5.82 Å². The van der Waals surface area contributed by atoms with E-state index < -0.39 is 23.8 Å². The van der Waals surface area contributed by atoms with E-state index in [1.807, 2.05) is 0 Å². The van der Waals surface area contributed by atoms with Gasteiger partial charge in [0.2, 0.25) is 0 Å². The molecule has 2 aromatic rings. The third kappa shape index (κ3) is 2.11. The van der Waals surface area contributed by atoms with Crippen LogP contribution in [0, 0.1) is 11.6 Å². The van der Waals surface area contributed by atoms with Crippen molar-refractivity contribution in [1.29, 1.82) is 0 Å². The van der Waals surface area contributed by atoms with Gasteiger partial charge in [0.25, 0.3) is 6.43 Å². The molecule has 0 aliphatic carbocycles. The largest absolute Gasteiger partial charge is 0.280 e. The van der Waals surface area contributed by atoms with Crippen LogP contribution in [0.15, 0.2) is 16.6 Å². The average molecular weight is 328 g/mol. The zero-order valence-corrected chi connectivity index (χ0v) is 10.3. The van der Waals surface area contributed by atoms with Gasteiger partial charge in [-0.15, -0.1) is 0 Å². The highest BCUT2D eigenvalue weighted by molar-refractivity contribution is 9.10. The van der Waals surface area contributed by atoms with Crippen molar-refractivity contribution in [3.05, 3.63) is 39.0 Å². The van der Waals surface area contributed by atoms with Gasteiger partial charge in [0, 0.05) is 11.5 Å². The van der Waals surface area contributed by atoms with Crippen molar-refractivity contribution in [2.24, 2.45) is 0 Å². The molecule has 0 aliphatic rings. The Morgan fingerprint density at radius 2 is 1.82 bits per heavy atom. The van der Waals surface area contributed by atoms with Crippen LogP contribution in [-0.4, -0.2) is 4.98 Å². The van der Waals surface area contributed by atoms with Gasteiger partial charge in [-0.2, -0.15) is 0 Å². The van der Waals surface area contributed by atoms with Crippen molar-refractivity contribution in [1.82, 2.24) is 4.98 Å². The minimum absolute atomic E-state index is 0.0615. The minimum atomic E-state index is -2.87. The van der Waals surface area contributed by atoms with E-state index in [0.717, 1.165) is 6.07 Å². The van der Waals surface area contributed by atoms with Crippen molar-refractivity contribution in [2.75, 3.05) is 0 Å². The minimum Gasteiger partial charge on any atom is -0.244 e. The van der Waals surface area contributed by atoms with E-state index in [9.17, 15) is 17.6 Å². The topological polar surface area (TPSA) is 12.9 Å². The lowest BCUT2D eigenvalue weighted by molar-refractivity contribution is 0.146. The lowest BCUT2D eigenvalue weighted by Crippen LogP contribution is -1.96. The maximum absolute atomic E-state index is 13.4. The molecule has 90 valence electrons. The molecule has 0 saturated heterocycles. The molecule has 0 N–H and O–H groups in total. The van der Waals surface area contributed by atoms with Crippen LogP contribution in [0.25, 0.3) is 10.9 Å². The molecule has 2 rings (SSSR count). The van der Waals surface area contributed by atoms with E-state index in [-0.39, 0.29) is 20.4 Å². The molecule has 1 heterocycles. The second-order valence-electron chi connectivity index (χ2n) is 3.21. The Hall–Kier alpha value is -0.880. The molecular weight excluding hydrogens is 325 g/mol. The highest BCUT2D eigenvalue weighted by atomic mass is 79.9. The van der Waals surface area contributed by atoms with Crippen LogP contribution in [-0.2, 0) is 0 Å². The van der Waals surface area contributed by atoms with Crippen LogP contribution in [0.4, 0.5) is 17.6 Å². The standard InChI is InChI=1S/C10H3BrClF4N/c11-8-4(13)2-5(14)9-7(8)3(12)1-6(17-9)10(15)16/h1-2,10H. The van der Waals surface area contributed by atoms with Crippen LogP contribution in [0.3, 0.4) is 0 Å². The van der Waals surface area contributed by atoms with Crippen LogP contribution in [0.2, 0.25) is 5.02 Å². The summed E-state index contributed by atoms with van der Waals surface area (Å²) in [6.45, 7) is 0. The Kier molecular flexibility index (Phi) is 3.27. The maximum atomic E-state index is 13.4. The van der Waals surface area contributed by atoms with Gasteiger partial charge in [0.1, 0.15) is 17.0 Å². The summed E-state index contributed by atoms with van der Waals surface area (Å²) < 4.78 is 51.5. The summed E-state index contributed by atoms with van der Waals surface area (Å²) in [7, 11) is 0. The number of benzene rings is 1. The molecule has 0 fully saturated rings. The molecule has 17 heavy (non-hydrogen) atoms. The second kappa shape index (κ2) is 4.42. The highest BCUT2D eigenvalue weighted by Crippen LogP contribution is 2.35. The maximum Gasteiger partial charge on any atom is 0.280 e.